The van der Waals surface area contributed by atoms with E-state index in [0.717, 1.165) is 0 Å². The Morgan fingerprint density at radius 3 is 2.53 bits per heavy atom. The van der Waals surface area contributed by atoms with Crippen molar-refractivity contribution < 1.29 is 18.7 Å². The molecule has 0 aliphatic carbocycles. The van der Waals surface area contributed by atoms with Crippen LogP contribution in [-0.4, -0.2) is 24.7 Å². The predicted molar refractivity (Wildman–Crippen MR) is 71.0 cm³/mol. The van der Waals surface area contributed by atoms with E-state index in [2.05, 4.69) is 18.8 Å². The van der Waals surface area contributed by atoms with Crippen LogP contribution >= 0.6 is 0 Å². The van der Waals surface area contributed by atoms with E-state index in [1.807, 2.05) is 13.8 Å². The van der Waals surface area contributed by atoms with E-state index >= 15 is 0 Å². The molecule has 19 heavy (non-hydrogen) atoms. The molecule has 108 valence electrons. The van der Waals surface area contributed by atoms with Crippen LogP contribution in [0.1, 0.15) is 56.8 Å². The third kappa shape index (κ3) is 3.80. The maximum Gasteiger partial charge on any atom is 0.376 e. The van der Waals surface area contributed by atoms with Crippen LogP contribution in [0.2, 0.25) is 0 Å². The molecule has 0 spiro atoms. The van der Waals surface area contributed by atoms with E-state index < -0.39 is 11.6 Å². The van der Waals surface area contributed by atoms with Gasteiger partial charge in [-0.3, -0.25) is 0 Å². The summed E-state index contributed by atoms with van der Waals surface area (Å²) < 4.78 is 15.9. The summed E-state index contributed by atoms with van der Waals surface area (Å²) in [5.41, 5.74) is -0.0372. The van der Waals surface area contributed by atoms with Gasteiger partial charge in [0, 0.05) is 7.11 Å². The second kappa shape index (κ2) is 6.19. The summed E-state index contributed by atoms with van der Waals surface area (Å²) in [4.78, 5) is 16.3. The molecule has 0 saturated carbocycles. The molecule has 5 heteroatoms. The van der Waals surface area contributed by atoms with Gasteiger partial charge >= 0.3 is 5.97 Å². The summed E-state index contributed by atoms with van der Waals surface area (Å²) >= 11 is 0. The number of methoxy groups -OCH3 is 1. The first kappa shape index (κ1) is 15.7. The molecule has 0 aromatic carbocycles. The maximum atomic E-state index is 11.9. The van der Waals surface area contributed by atoms with Crippen molar-refractivity contribution in [1.82, 2.24) is 4.98 Å². The predicted octanol–water partition coefficient (Wildman–Crippen LogP) is 2.93. The van der Waals surface area contributed by atoms with E-state index in [0.29, 0.717) is 30.5 Å². The second-order valence-electron chi connectivity index (χ2n) is 5.33. The van der Waals surface area contributed by atoms with Crippen LogP contribution in [0.15, 0.2) is 4.42 Å². The smallest absolute Gasteiger partial charge is 0.376 e. The van der Waals surface area contributed by atoms with Crippen LogP contribution in [0.25, 0.3) is 0 Å². The Balaban J connectivity index is 3.16. The highest BCUT2D eigenvalue weighted by molar-refractivity contribution is 5.87. The number of hydrogen-bond donors (Lipinski definition) is 0. The average Bonchev–Trinajstić information content (AvgIpc) is 2.73. The zero-order valence-electron chi connectivity index (χ0n) is 12.6. The highest BCUT2D eigenvalue weighted by Gasteiger charge is 2.30. The summed E-state index contributed by atoms with van der Waals surface area (Å²) in [6, 6.07) is 0. The van der Waals surface area contributed by atoms with Crippen molar-refractivity contribution in [2.24, 2.45) is 5.92 Å². The molecule has 0 fully saturated rings. The standard InChI is InChI=1S/C14H23NO4/c1-7-18-12(16)11-10(8-9(2)3)15-13(19-11)14(4,5)17-6/h9H,7-8H2,1-6H3. The molecule has 0 bridgehead atoms. The van der Waals surface area contributed by atoms with Gasteiger partial charge in [-0.2, -0.15) is 0 Å². The van der Waals surface area contributed by atoms with Gasteiger partial charge in [0.2, 0.25) is 11.7 Å². The minimum absolute atomic E-state index is 0.190. The first-order valence-electron chi connectivity index (χ1n) is 6.54. The number of rotatable bonds is 6. The van der Waals surface area contributed by atoms with Crippen molar-refractivity contribution in [3.8, 4) is 0 Å². The van der Waals surface area contributed by atoms with Gasteiger partial charge in [-0.25, -0.2) is 9.78 Å². The topological polar surface area (TPSA) is 61.6 Å². The molecule has 0 aliphatic heterocycles. The van der Waals surface area contributed by atoms with Crippen molar-refractivity contribution >= 4 is 5.97 Å². The third-order valence-electron chi connectivity index (χ3n) is 2.79. The molecule has 1 heterocycles. The SMILES string of the molecule is CCOC(=O)c1oc(C(C)(C)OC)nc1CC(C)C. The van der Waals surface area contributed by atoms with Gasteiger partial charge in [0.05, 0.1) is 12.3 Å². The highest BCUT2D eigenvalue weighted by atomic mass is 16.5. The Kier molecular flexibility index (Phi) is 5.11. The van der Waals surface area contributed by atoms with Crippen molar-refractivity contribution in [2.75, 3.05) is 13.7 Å². The van der Waals surface area contributed by atoms with Gasteiger partial charge in [-0.1, -0.05) is 13.8 Å². The fourth-order valence-electron chi connectivity index (χ4n) is 1.58. The number of carbonyl (C=O) groups is 1. The normalized spacial score (nSPS) is 11.9. The molecule has 0 radical (unpaired) electrons. The molecular formula is C14H23NO4. The van der Waals surface area contributed by atoms with Gasteiger partial charge in [0.15, 0.2) is 0 Å². The maximum absolute atomic E-state index is 11.9. The quantitative estimate of drug-likeness (QED) is 0.743. The van der Waals surface area contributed by atoms with Crippen molar-refractivity contribution in [1.29, 1.82) is 0 Å². The lowest BCUT2D eigenvalue weighted by Gasteiger charge is -2.17. The summed E-state index contributed by atoms with van der Waals surface area (Å²) in [6.07, 6.45) is 0.664. The van der Waals surface area contributed by atoms with Gasteiger partial charge in [0.1, 0.15) is 5.60 Å². The summed E-state index contributed by atoms with van der Waals surface area (Å²) in [5.74, 6) is 0.491. The van der Waals surface area contributed by atoms with Crippen LogP contribution in [0.4, 0.5) is 0 Å². The average molecular weight is 269 g/mol. The Morgan fingerprint density at radius 2 is 2.05 bits per heavy atom. The Morgan fingerprint density at radius 1 is 1.42 bits per heavy atom. The van der Waals surface area contributed by atoms with Crippen LogP contribution < -0.4 is 0 Å². The molecule has 0 amide bonds. The van der Waals surface area contributed by atoms with Gasteiger partial charge in [0.25, 0.3) is 0 Å². The van der Waals surface area contributed by atoms with Crippen LogP contribution in [0, 0.1) is 5.92 Å². The molecule has 0 unspecified atom stereocenters. The number of carbonyl (C=O) groups excluding carboxylic acids is 1. The van der Waals surface area contributed by atoms with E-state index in [1.165, 1.54) is 0 Å². The van der Waals surface area contributed by atoms with Crippen molar-refractivity contribution in [3.63, 3.8) is 0 Å². The van der Waals surface area contributed by atoms with Crippen LogP contribution in [-0.2, 0) is 21.5 Å². The van der Waals surface area contributed by atoms with Crippen LogP contribution in [0.5, 0.6) is 0 Å². The second-order valence-corrected chi connectivity index (χ2v) is 5.33. The van der Waals surface area contributed by atoms with Crippen molar-refractivity contribution in [3.05, 3.63) is 17.3 Å². The highest BCUT2D eigenvalue weighted by Crippen LogP contribution is 2.27. The fourth-order valence-corrected chi connectivity index (χ4v) is 1.58. The largest absolute Gasteiger partial charge is 0.460 e. The van der Waals surface area contributed by atoms with E-state index in [1.54, 1.807) is 14.0 Å². The van der Waals surface area contributed by atoms with Gasteiger partial charge < -0.3 is 13.9 Å². The lowest BCUT2D eigenvalue weighted by atomic mass is 10.1. The first-order valence-corrected chi connectivity index (χ1v) is 6.54. The van der Waals surface area contributed by atoms with E-state index in [4.69, 9.17) is 13.9 Å². The lowest BCUT2D eigenvalue weighted by Crippen LogP contribution is -2.20. The molecule has 1 aromatic rings. The molecule has 0 aliphatic rings. The minimum atomic E-state index is -0.670. The molecule has 0 N–H and O–H groups in total. The Labute approximate surface area is 114 Å². The number of aromatic nitrogens is 1. The fraction of sp³-hybridized carbons (Fsp3) is 0.714. The Bertz CT molecular complexity index is 435. The lowest BCUT2D eigenvalue weighted by molar-refractivity contribution is -0.00513. The molecule has 1 rings (SSSR count). The Hall–Kier alpha value is -1.36. The summed E-state index contributed by atoms with van der Waals surface area (Å²) in [6.45, 7) is 9.87. The van der Waals surface area contributed by atoms with Gasteiger partial charge in [-0.15, -0.1) is 0 Å². The summed E-state index contributed by atoms with van der Waals surface area (Å²) in [7, 11) is 1.58. The van der Waals surface area contributed by atoms with Crippen molar-refractivity contribution in [2.45, 2.75) is 46.6 Å². The zero-order chi connectivity index (χ0) is 14.6. The number of nitrogens with zero attached hydrogens (tertiary/aromatic N) is 1. The number of oxazole rings is 1. The van der Waals surface area contributed by atoms with Crippen LogP contribution in [0.3, 0.4) is 0 Å². The molecular weight excluding hydrogens is 246 g/mol. The monoisotopic (exact) mass is 269 g/mol. The first-order chi connectivity index (χ1) is 8.81. The number of ether oxygens (including phenoxy) is 2. The third-order valence-corrected chi connectivity index (χ3v) is 2.79. The molecule has 1 aromatic heterocycles. The minimum Gasteiger partial charge on any atom is -0.460 e. The molecule has 5 nitrogen and oxygen atoms in total. The van der Waals surface area contributed by atoms with E-state index in [9.17, 15) is 4.79 Å². The zero-order valence-corrected chi connectivity index (χ0v) is 12.6. The molecule has 0 atom stereocenters. The summed E-state index contributed by atoms with van der Waals surface area (Å²) in [5, 5.41) is 0. The molecule has 0 saturated heterocycles. The number of esters is 1. The van der Waals surface area contributed by atoms with Gasteiger partial charge in [-0.05, 0) is 33.1 Å². The number of hydrogen-bond acceptors (Lipinski definition) is 5. The van der Waals surface area contributed by atoms with E-state index in [-0.39, 0.29) is 5.76 Å².